The Bertz CT molecular complexity index is 2610. The summed E-state index contributed by atoms with van der Waals surface area (Å²) in [5.41, 5.74) is 5.21. The van der Waals surface area contributed by atoms with E-state index in [0.29, 0.717) is 57.4 Å². The average molecular weight is 1320 g/mol. The molecule has 8 N–H and O–H groups in total. The van der Waals surface area contributed by atoms with E-state index in [-0.39, 0.29) is 37.0 Å². The number of hydrogen-bond donors (Lipinski definition) is 8. The third-order valence-electron chi connectivity index (χ3n) is 18.2. The van der Waals surface area contributed by atoms with Gasteiger partial charge in [0.2, 0.25) is 5.78 Å². The number of hydrogen-bond acceptors (Lipinski definition) is 10. The summed E-state index contributed by atoms with van der Waals surface area (Å²) in [5.74, 6) is -4.47. The Hall–Kier alpha value is -4.31. The first kappa shape index (κ1) is 87.7. The van der Waals surface area contributed by atoms with Crippen molar-refractivity contribution in [2.24, 2.45) is 0 Å². The van der Waals surface area contributed by atoms with Crippen molar-refractivity contribution in [1.82, 2.24) is 0 Å². The van der Waals surface area contributed by atoms with Gasteiger partial charge in [-0.15, -0.1) is 0 Å². The first-order valence-electron chi connectivity index (χ1n) is 36.6. The zero-order chi connectivity index (χ0) is 70.8. The largest absolute Gasteiger partial charge is 0.393 e. The maximum Gasteiger partial charge on any atom is 0.302 e. The first-order chi connectivity index (χ1) is 44.5. The van der Waals surface area contributed by atoms with Crippen molar-refractivity contribution in [3.8, 4) is 0 Å². The van der Waals surface area contributed by atoms with E-state index in [0.717, 1.165) is 182 Å². The van der Waals surface area contributed by atoms with Crippen molar-refractivity contribution in [2.75, 3.05) is 0 Å². The van der Waals surface area contributed by atoms with Crippen LogP contribution in [0.3, 0.4) is 0 Å². The van der Waals surface area contributed by atoms with Crippen molar-refractivity contribution in [3.05, 3.63) is 141 Å². The Morgan fingerprint density at radius 2 is 0.755 bits per heavy atom. The fraction of sp³-hybridized carbons (Fsp3) is 0.679. The van der Waals surface area contributed by atoms with Gasteiger partial charge in [0.25, 0.3) is 0 Å². The van der Waals surface area contributed by atoms with Gasteiger partial charge in [0.05, 0.1) is 46.8 Å². The molecule has 0 saturated carbocycles. The number of aliphatic hydroxyl groups excluding tert-OH is 4. The van der Waals surface area contributed by atoms with Gasteiger partial charge in [0, 0.05) is 19.8 Å². The standard InChI is InChI=1S/C22H34F2O3.C21H34O3.C19H31FO2.C19H32O2/c1-4-13-22(27,14-5-2)15-12-17-8-6-9-18(16-17)19(25)10-7-11-20(26)21(3,23)24;1-4-13-21(24,14-5-2)15-12-18-9-7-10-19(16-18)20(23)11-6-8-17(3)22;1-4-7-18(21)16-8-9-17(20)15(14-16)10-13-19(22,11-5-2)12-6-3;1-4-11-19(21,12-5-2)13-10-16-8-7-9-17(14-16)15-18(20)6-3/h6,8-9,16,19,25,27H,4-5,7,10-15H2,1-3H3;7,9-10,16,20,23-24H,4-6,8,11-15H2,1-3H3;8-9,14,18,21-22H,4-7,10-13H2,1-3H3;7-9,14,18,20-21H,4-6,10-13,15H2,1-3H3/t19-;20-;;/m11../s1. The van der Waals surface area contributed by atoms with E-state index >= 15 is 0 Å². The van der Waals surface area contributed by atoms with Crippen molar-refractivity contribution in [2.45, 2.75) is 354 Å². The molecule has 4 rings (SSSR count). The van der Waals surface area contributed by atoms with Crippen LogP contribution in [-0.4, -0.2) is 86.8 Å². The molecule has 4 atom stereocenters. The molecule has 0 aromatic heterocycles. The third-order valence-corrected chi connectivity index (χ3v) is 18.2. The number of aliphatic hydroxyl groups is 8. The molecule has 0 amide bonds. The van der Waals surface area contributed by atoms with Crippen LogP contribution in [0.25, 0.3) is 0 Å². The summed E-state index contributed by atoms with van der Waals surface area (Å²) in [6.45, 7) is 22.9. The predicted molar refractivity (Wildman–Crippen MR) is 382 cm³/mol. The van der Waals surface area contributed by atoms with Crippen LogP contribution in [0.2, 0.25) is 0 Å². The number of halogens is 3. The summed E-state index contributed by atoms with van der Waals surface area (Å²) in [7, 11) is 0. The number of ketones is 2. The molecule has 4 aromatic carbocycles. The van der Waals surface area contributed by atoms with Crippen LogP contribution in [0, 0.1) is 5.82 Å². The molecular weight excluding hydrogens is 1190 g/mol. The lowest BCUT2D eigenvalue weighted by atomic mass is 9.86. The van der Waals surface area contributed by atoms with Gasteiger partial charge in [-0.05, 0) is 205 Å². The van der Waals surface area contributed by atoms with Crippen LogP contribution >= 0.6 is 0 Å². The summed E-state index contributed by atoms with van der Waals surface area (Å²) in [6.07, 6.45) is 23.2. The third kappa shape index (κ3) is 36.9. The lowest BCUT2D eigenvalue weighted by Crippen LogP contribution is -2.29. The second-order valence-corrected chi connectivity index (χ2v) is 27.5. The van der Waals surface area contributed by atoms with E-state index in [4.69, 9.17) is 0 Å². The highest BCUT2D eigenvalue weighted by Crippen LogP contribution is 2.32. The van der Waals surface area contributed by atoms with Crippen molar-refractivity contribution in [3.63, 3.8) is 0 Å². The molecule has 94 heavy (non-hydrogen) atoms. The van der Waals surface area contributed by atoms with Crippen LogP contribution in [0.15, 0.2) is 91.0 Å². The summed E-state index contributed by atoms with van der Waals surface area (Å²) >= 11 is 0. The topological polar surface area (TPSA) is 196 Å². The SMILES string of the molecule is CCCC(O)(CCC)CCc1cccc(CC(O)CC)c1.CCCC(O)(CCC)CCc1cccc([C@H](O)CCCC(=O)C(C)(F)F)c1.CCCC(O)(CCC)CCc1cccc([C@H](O)CCCC(C)=O)c1.CCCC(O)c1ccc(F)c(CCC(O)(CCC)CCC)c1. The molecule has 0 spiro atoms. The molecule has 0 heterocycles. The lowest BCUT2D eigenvalue weighted by Gasteiger charge is -2.27. The molecule has 0 aliphatic heterocycles. The van der Waals surface area contributed by atoms with Gasteiger partial charge in [0.1, 0.15) is 11.6 Å². The highest BCUT2D eigenvalue weighted by Gasteiger charge is 2.32. The van der Waals surface area contributed by atoms with E-state index in [2.05, 4.69) is 85.7 Å². The molecule has 0 bridgehead atoms. The van der Waals surface area contributed by atoms with Gasteiger partial charge in [-0.25, -0.2) is 4.39 Å². The molecule has 10 nitrogen and oxygen atoms in total. The molecule has 4 aromatic rings. The summed E-state index contributed by atoms with van der Waals surface area (Å²) in [5, 5.41) is 83.2. The van der Waals surface area contributed by atoms with E-state index in [1.807, 2.05) is 50.2 Å². The molecule has 0 aliphatic rings. The number of Topliss-reactive ketones (excluding diaryl/α,β-unsaturated/α-hetero) is 2. The zero-order valence-electron chi connectivity index (χ0n) is 60.5. The fourth-order valence-corrected chi connectivity index (χ4v) is 12.9. The fourth-order valence-electron chi connectivity index (χ4n) is 12.9. The van der Waals surface area contributed by atoms with Gasteiger partial charge in [0.15, 0.2) is 0 Å². The van der Waals surface area contributed by atoms with Gasteiger partial charge in [-0.1, -0.05) is 212 Å². The Morgan fingerprint density at radius 3 is 1.12 bits per heavy atom. The number of alkyl halides is 2. The van der Waals surface area contributed by atoms with Crippen molar-refractivity contribution in [1.29, 1.82) is 0 Å². The van der Waals surface area contributed by atoms with Crippen molar-refractivity contribution < 1.29 is 63.6 Å². The van der Waals surface area contributed by atoms with Gasteiger partial charge < -0.3 is 45.6 Å². The maximum absolute atomic E-state index is 14.0. The smallest absolute Gasteiger partial charge is 0.302 e. The number of benzene rings is 4. The normalized spacial score (nSPS) is 13.4. The van der Waals surface area contributed by atoms with Gasteiger partial charge >= 0.3 is 5.92 Å². The summed E-state index contributed by atoms with van der Waals surface area (Å²) in [6, 6.07) is 28.8. The van der Waals surface area contributed by atoms with E-state index in [9.17, 15) is 63.6 Å². The van der Waals surface area contributed by atoms with Gasteiger partial charge in [-0.3, -0.25) is 4.79 Å². The molecule has 2 unspecified atom stereocenters. The minimum atomic E-state index is -3.31. The van der Waals surface area contributed by atoms with Crippen LogP contribution in [0.5, 0.6) is 0 Å². The van der Waals surface area contributed by atoms with Crippen LogP contribution in [0.4, 0.5) is 13.2 Å². The van der Waals surface area contributed by atoms with Crippen LogP contribution in [0.1, 0.15) is 332 Å². The van der Waals surface area contributed by atoms with Crippen LogP contribution in [-0.2, 0) is 41.7 Å². The lowest BCUT2D eigenvalue weighted by molar-refractivity contribution is -0.140. The highest BCUT2D eigenvalue weighted by molar-refractivity contribution is 5.85. The Balaban J connectivity index is 0.000000629. The quantitative estimate of drug-likeness (QED) is 0.0211. The Kier molecular flexibility index (Phi) is 44.4. The zero-order valence-corrected chi connectivity index (χ0v) is 60.5. The number of carbonyl (C=O) groups excluding carboxylic acids is 2. The molecular formula is C81H131F3O10. The van der Waals surface area contributed by atoms with E-state index < -0.39 is 52.4 Å². The number of carbonyl (C=O) groups is 2. The molecule has 0 aliphatic carbocycles. The molecule has 0 saturated heterocycles. The van der Waals surface area contributed by atoms with Crippen molar-refractivity contribution >= 4 is 11.6 Å². The Morgan fingerprint density at radius 1 is 0.415 bits per heavy atom. The monoisotopic (exact) mass is 1320 g/mol. The summed E-state index contributed by atoms with van der Waals surface area (Å²) in [4.78, 5) is 22.3. The van der Waals surface area contributed by atoms with E-state index in [1.54, 1.807) is 25.1 Å². The maximum atomic E-state index is 14.0. The second-order valence-electron chi connectivity index (χ2n) is 27.5. The Labute approximate surface area is 568 Å². The predicted octanol–water partition coefficient (Wildman–Crippen LogP) is 19.3. The van der Waals surface area contributed by atoms with Gasteiger partial charge in [-0.2, -0.15) is 8.78 Å². The molecule has 0 radical (unpaired) electrons. The van der Waals surface area contributed by atoms with Crippen LogP contribution < -0.4 is 0 Å². The average Bonchev–Trinajstić information content (AvgIpc) is 0.951. The minimum Gasteiger partial charge on any atom is -0.393 e. The number of rotatable bonds is 45. The molecule has 0 fully saturated rings. The summed E-state index contributed by atoms with van der Waals surface area (Å²) < 4.78 is 39.8. The van der Waals surface area contributed by atoms with E-state index in [1.165, 1.54) is 17.2 Å². The second kappa shape index (κ2) is 47.6. The first-order valence-corrected chi connectivity index (χ1v) is 36.6. The highest BCUT2D eigenvalue weighted by atomic mass is 19.3. The minimum absolute atomic E-state index is 0.169. The molecule has 536 valence electrons. The number of aryl methyl sites for hydroxylation is 4. The molecule has 13 heteroatoms.